The lowest BCUT2D eigenvalue weighted by atomic mass is 9.84. The second-order valence-corrected chi connectivity index (χ2v) is 6.82. The fraction of sp³-hybridized carbons (Fsp3) is 1.00. The van der Waals surface area contributed by atoms with E-state index in [1.807, 2.05) is 0 Å². The number of piperidine rings is 1. The average Bonchev–Trinajstić information content (AvgIpc) is 2.77. The largest absolute Gasteiger partial charge is 0.316 e. The fourth-order valence-electron chi connectivity index (χ4n) is 3.61. The molecular formula is C14H28N2. The van der Waals surface area contributed by atoms with Gasteiger partial charge in [-0.2, -0.15) is 0 Å². The number of likely N-dealkylation sites (tertiary alicyclic amines) is 1. The van der Waals surface area contributed by atoms with E-state index in [1.165, 1.54) is 38.8 Å². The van der Waals surface area contributed by atoms with Crippen molar-refractivity contribution >= 4 is 0 Å². The van der Waals surface area contributed by atoms with E-state index < -0.39 is 0 Å². The molecule has 0 spiro atoms. The first kappa shape index (κ1) is 12.4. The van der Waals surface area contributed by atoms with Gasteiger partial charge < -0.3 is 10.2 Å². The minimum Gasteiger partial charge on any atom is -0.316 e. The standard InChI is InChI=1S/C14H28N2/c1-14(2,3)13(15-4)7-8-16-10-11-5-6-12(16)9-11/h11-13,15H,5-10H2,1-4H3. The van der Waals surface area contributed by atoms with E-state index in [9.17, 15) is 0 Å². The van der Waals surface area contributed by atoms with Gasteiger partial charge in [-0.3, -0.25) is 0 Å². The van der Waals surface area contributed by atoms with Crippen LogP contribution in [0.3, 0.4) is 0 Å². The Morgan fingerprint density at radius 1 is 1.31 bits per heavy atom. The highest BCUT2D eigenvalue weighted by Gasteiger charge is 2.37. The Labute approximate surface area is 101 Å². The van der Waals surface area contributed by atoms with Crippen LogP contribution in [0.1, 0.15) is 46.5 Å². The van der Waals surface area contributed by atoms with Crippen molar-refractivity contribution in [1.29, 1.82) is 0 Å². The SMILES string of the molecule is CNC(CCN1CC2CCC1C2)C(C)(C)C. The van der Waals surface area contributed by atoms with Crippen molar-refractivity contribution in [2.45, 2.75) is 58.5 Å². The molecule has 0 aromatic carbocycles. The topological polar surface area (TPSA) is 15.3 Å². The van der Waals surface area contributed by atoms with Gasteiger partial charge in [-0.25, -0.2) is 0 Å². The van der Waals surface area contributed by atoms with Gasteiger partial charge in [-0.15, -0.1) is 0 Å². The summed E-state index contributed by atoms with van der Waals surface area (Å²) in [4.78, 5) is 2.74. The first-order valence-corrected chi connectivity index (χ1v) is 6.92. The number of rotatable bonds is 4. The molecule has 1 heterocycles. The molecule has 16 heavy (non-hydrogen) atoms. The van der Waals surface area contributed by atoms with E-state index in [-0.39, 0.29) is 0 Å². The second-order valence-electron chi connectivity index (χ2n) is 6.82. The van der Waals surface area contributed by atoms with Crippen LogP contribution in [0.15, 0.2) is 0 Å². The summed E-state index contributed by atoms with van der Waals surface area (Å²) in [6, 6.07) is 1.58. The molecule has 2 bridgehead atoms. The van der Waals surface area contributed by atoms with E-state index in [2.05, 4.69) is 38.0 Å². The highest BCUT2D eigenvalue weighted by atomic mass is 15.2. The van der Waals surface area contributed by atoms with E-state index in [4.69, 9.17) is 0 Å². The normalized spacial score (nSPS) is 32.2. The monoisotopic (exact) mass is 224 g/mol. The van der Waals surface area contributed by atoms with Crippen molar-refractivity contribution in [3.8, 4) is 0 Å². The van der Waals surface area contributed by atoms with Crippen molar-refractivity contribution in [2.24, 2.45) is 11.3 Å². The van der Waals surface area contributed by atoms with Crippen LogP contribution >= 0.6 is 0 Å². The van der Waals surface area contributed by atoms with Crippen molar-refractivity contribution in [1.82, 2.24) is 10.2 Å². The van der Waals surface area contributed by atoms with Gasteiger partial charge in [-0.1, -0.05) is 20.8 Å². The first-order chi connectivity index (χ1) is 7.50. The Kier molecular flexibility index (Phi) is 3.60. The molecule has 2 heteroatoms. The van der Waals surface area contributed by atoms with Crippen LogP contribution in [0.25, 0.3) is 0 Å². The zero-order valence-electron chi connectivity index (χ0n) is 11.4. The maximum Gasteiger partial charge on any atom is 0.0125 e. The molecule has 0 radical (unpaired) electrons. The van der Waals surface area contributed by atoms with Gasteiger partial charge in [0.2, 0.25) is 0 Å². The minimum absolute atomic E-state index is 0.382. The van der Waals surface area contributed by atoms with Gasteiger partial charge in [0.05, 0.1) is 0 Å². The van der Waals surface area contributed by atoms with Crippen LogP contribution in [-0.2, 0) is 0 Å². The van der Waals surface area contributed by atoms with Gasteiger partial charge in [-0.05, 0) is 50.6 Å². The fourth-order valence-corrected chi connectivity index (χ4v) is 3.61. The molecule has 3 unspecified atom stereocenters. The van der Waals surface area contributed by atoms with Gasteiger partial charge in [0.15, 0.2) is 0 Å². The van der Waals surface area contributed by atoms with Crippen LogP contribution in [0.4, 0.5) is 0 Å². The van der Waals surface area contributed by atoms with Crippen molar-refractivity contribution in [3.63, 3.8) is 0 Å². The zero-order chi connectivity index (χ0) is 11.8. The Bertz CT molecular complexity index is 231. The average molecular weight is 224 g/mol. The Morgan fingerprint density at radius 2 is 2.06 bits per heavy atom. The zero-order valence-corrected chi connectivity index (χ0v) is 11.4. The smallest absolute Gasteiger partial charge is 0.0125 e. The van der Waals surface area contributed by atoms with Crippen LogP contribution in [0, 0.1) is 11.3 Å². The number of fused-ring (bicyclic) bond motifs is 2. The van der Waals surface area contributed by atoms with E-state index in [1.54, 1.807) is 0 Å². The molecule has 94 valence electrons. The molecule has 2 aliphatic rings. The second kappa shape index (κ2) is 4.66. The molecule has 0 amide bonds. The van der Waals surface area contributed by atoms with Crippen LogP contribution in [0.5, 0.6) is 0 Å². The molecule has 0 aromatic heterocycles. The third-order valence-corrected chi connectivity index (χ3v) is 4.62. The molecule has 2 fully saturated rings. The summed E-state index contributed by atoms with van der Waals surface area (Å²) in [5, 5.41) is 3.48. The van der Waals surface area contributed by atoms with E-state index in [0.717, 1.165) is 12.0 Å². The predicted octanol–water partition coefficient (Wildman–Crippen LogP) is 2.49. The van der Waals surface area contributed by atoms with E-state index >= 15 is 0 Å². The molecule has 1 N–H and O–H groups in total. The van der Waals surface area contributed by atoms with Gasteiger partial charge in [0.25, 0.3) is 0 Å². The summed E-state index contributed by atoms with van der Waals surface area (Å²) < 4.78 is 0. The molecule has 1 aliphatic carbocycles. The Morgan fingerprint density at radius 3 is 2.50 bits per heavy atom. The third-order valence-electron chi connectivity index (χ3n) is 4.62. The maximum absolute atomic E-state index is 3.48. The highest BCUT2D eigenvalue weighted by molar-refractivity contribution is 4.93. The molecular weight excluding hydrogens is 196 g/mol. The summed E-state index contributed by atoms with van der Waals surface area (Å²) in [6.07, 6.45) is 5.74. The maximum atomic E-state index is 3.48. The number of nitrogens with one attached hydrogen (secondary N) is 1. The summed E-state index contributed by atoms with van der Waals surface area (Å²) in [7, 11) is 2.10. The highest BCUT2D eigenvalue weighted by Crippen LogP contribution is 2.37. The van der Waals surface area contributed by atoms with Crippen LogP contribution in [-0.4, -0.2) is 37.1 Å². The summed E-state index contributed by atoms with van der Waals surface area (Å²) >= 11 is 0. The molecule has 3 atom stereocenters. The van der Waals surface area contributed by atoms with Gasteiger partial charge >= 0.3 is 0 Å². The lowest BCUT2D eigenvalue weighted by Gasteiger charge is -2.34. The molecule has 1 saturated carbocycles. The number of hydrogen-bond acceptors (Lipinski definition) is 2. The molecule has 1 saturated heterocycles. The number of nitrogens with zero attached hydrogens (tertiary/aromatic N) is 1. The van der Waals surface area contributed by atoms with Crippen molar-refractivity contribution in [2.75, 3.05) is 20.1 Å². The third kappa shape index (κ3) is 2.60. The van der Waals surface area contributed by atoms with Crippen LogP contribution in [0.2, 0.25) is 0 Å². The Hall–Kier alpha value is -0.0800. The Balaban J connectivity index is 1.78. The first-order valence-electron chi connectivity index (χ1n) is 6.92. The van der Waals surface area contributed by atoms with E-state index in [0.29, 0.717) is 11.5 Å². The molecule has 2 nitrogen and oxygen atoms in total. The van der Waals surface area contributed by atoms with Crippen LogP contribution < -0.4 is 5.32 Å². The lowest BCUT2D eigenvalue weighted by Crippen LogP contribution is -2.42. The minimum atomic E-state index is 0.382. The quantitative estimate of drug-likeness (QED) is 0.789. The molecule has 0 aromatic rings. The lowest BCUT2D eigenvalue weighted by molar-refractivity contribution is 0.178. The summed E-state index contributed by atoms with van der Waals surface area (Å²) in [5.74, 6) is 1.03. The predicted molar refractivity (Wildman–Crippen MR) is 69.6 cm³/mol. The van der Waals surface area contributed by atoms with Crippen molar-refractivity contribution in [3.05, 3.63) is 0 Å². The summed E-state index contributed by atoms with van der Waals surface area (Å²) in [6.45, 7) is 9.69. The number of hydrogen-bond donors (Lipinski definition) is 1. The van der Waals surface area contributed by atoms with Crippen molar-refractivity contribution < 1.29 is 0 Å². The molecule has 2 rings (SSSR count). The molecule has 1 aliphatic heterocycles. The van der Waals surface area contributed by atoms with Gasteiger partial charge in [0, 0.05) is 18.6 Å². The summed E-state index contributed by atoms with van der Waals surface area (Å²) in [5.41, 5.74) is 0.382. The van der Waals surface area contributed by atoms with Gasteiger partial charge in [0.1, 0.15) is 0 Å².